The number of methoxy groups -OCH3 is 1. The predicted molar refractivity (Wildman–Crippen MR) is 243 cm³/mol. The number of terminal acetylenes is 1. The highest BCUT2D eigenvalue weighted by Crippen LogP contribution is 2.42. The molecule has 0 aliphatic carbocycles. The van der Waals surface area contributed by atoms with E-state index in [9.17, 15) is 22.7 Å². The first-order valence-electron chi connectivity index (χ1n) is 20.3. The van der Waals surface area contributed by atoms with Crippen LogP contribution in [0.4, 0.5) is 4.39 Å². The number of ether oxygens (including phenoxy) is 5. The summed E-state index contributed by atoms with van der Waals surface area (Å²) in [5, 5.41) is 11.2. The van der Waals surface area contributed by atoms with E-state index in [4.69, 9.17) is 46.7 Å². The maximum absolute atomic E-state index is 14.1. The minimum absolute atomic E-state index is 0.000607. The lowest BCUT2D eigenvalue weighted by atomic mass is 10.0. The Morgan fingerprint density at radius 3 is 2.62 bits per heavy atom. The molecule has 2 atom stereocenters. The minimum atomic E-state index is -3.17. The number of fused-ring (bicyclic) bond motifs is 2. The van der Waals surface area contributed by atoms with Crippen molar-refractivity contribution < 1.29 is 46.4 Å². The van der Waals surface area contributed by atoms with Crippen LogP contribution in [0.5, 0.6) is 23.1 Å². The standard InChI is InChI=1S/C47H41ClFN5O9S2/c1-3-37(48)40-10-6-8-36-42-45(51-28-52-46(42)64-43(36)29-11-13-31(49)14-12-29)63-41(47(55)56)24-30-23-33(60-27-34(62-40)25-54-19-21-65(57,58)22-20-54)15-16-38(30)61-26-32-17-18-50-44(53-32)35-7-4-5-9-39(35)59-2/h1,4-7,9-18,23,28,34,41H,8,19-22,24-27H2,2H3,(H,55,56)/b10-6-,40-37-/t34-,41-/m1/s1. The molecule has 0 saturated carbocycles. The average molecular weight is 938 g/mol. The van der Waals surface area contributed by atoms with Crippen LogP contribution in [0.3, 0.4) is 0 Å². The van der Waals surface area contributed by atoms with Gasteiger partial charge in [-0.2, -0.15) is 0 Å². The number of carboxylic acid groups (broad SMARTS) is 1. The summed E-state index contributed by atoms with van der Waals surface area (Å²) in [6, 6.07) is 20.1. The quantitative estimate of drug-likeness (QED) is 0.143. The van der Waals surface area contributed by atoms with E-state index in [1.165, 1.54) is 29.8 Å². The molecule has 3 aromatic carbocycles. The van der Waals surface area contributed by atoms with Gasteiger partial charge in [-0.1, -0.05) is 47.9 Å². The second-order valence-corrected chi connectivity index (χ2v) is 18.7. The van der Waals surface area contributed by atoms with Crippen molar-refractivity contribution in [1.82, 2.24) is 24.8 Å². The summed E-state index contributed by atoms with van der Waals surface area (Å²) in [6.07, 6.45) is 9.96. The van der Waals surface area contributed by atoms with E-state index in [0.717, 1.165) is 4.88 Å². The third kappa shape index (κ3) is 10.9. The summed E-state index contributed by atoms with van der Waals surface area (Å²) in [5.74, 6) is 2.69. The van der Waals surface area contributed by atoms with E-state index >= 15 is 0 Å². The van der Waals surface area contributed by atoms with Gasteiger partial charge in [-0.3, -0.25) is 4.90 Å². The van der Waals surface area contributed by atoms with Gasteiger partial charge in [-0.05, 0) is 72.2 Å². The molecule has 1 fully saturated rings. The molecular formula is C47H41ClFN5O9S2. The van der Waals surface area contributed by atoms with Crippen LogP contribution in [0.15, 0.2) is 108 Å². The highest BCUT2D eigenvalue weighted by atomic mass is 35.5. The largest absolute Gasteiger partial charge is 0.496 e. The molecule has 1 N–H and O–H groups in total. The molecule has 0 spiro atoms. The highest BCUT2D eigenvalue weighted by molar-refractivity contribution is 7.91. The molecule has 18 heteroatoms. The second kappa shape index (κ2) is 20.1. The van der Waals surface area contributed by atoms with Gasteiger partial charge in [0.05, 0.1) is 35.3 Å². The summed E-state index contributed by atoms with van der Waals surface area (Å²) in [4.78, 5) is 34.4. The van der Waals surface area contributed by atoms with Gasteiger partial charge in [0, 0.05) is 42.7 Å². The molecule has 5 heterocycles. The van der Waals surface area contributed by atoms with Crippen molar-refractivity contribution in [3.05, 3.63) is 131 Å². The Balaban J connectivity index is 1.20. The zero-order valence-corrected chi connectivity index (χ0v) is 37.2. The summed E-state index contributed by atoms with van der Waals surface area (Å²) in [7, 11) is -1.60. The highest BCUT2D eigenvalue weighted by Gasteiger charge is 2.29. The number of aromatic nitrogens is 4. The molecule has 6 aromatic rings. The first kappa shape index (κ1) is 45.0. The Morgan fingerprint density at radius 2 is 1.85 bits per heavy atom. The van der Waals surface area contributed by atoms with Crippen LogP contribution in [0.1, 0.15) is 16.8 Å². The number of carbonyl (C=O) groups is 1. The van der Waals surface area contributed by atoms with Gasteiger partial charge in [-0.15, -0.1) is 17.8 Å². The van der Waals surface area contributed by atoms with Crippen molar-refractivity contribution in [2.45, 2.75) is 31.7 Å². The smallest absolute Gasteiger partial charge is 0.345 e. The van der Waals surface area contributed by atoms with Crippen molar-refractivity contribution in [3.8, 4) is 57.3 Å². The first-order valence-corrected chi connectivity index (χ1v) is 23.4. The number of nitrogens with zero attached hydrogens (tertiary/aromatic N) is 5. The van der Waals surface area contributed by atoms with E-state index < -0.39 is 33.8 Å². The molecule has 0 unspecified atom stereocenters. The maximum Gasteiger partial charge on any atom is 0.345 e. The summed E-state index contributed by atoms with van der Waals surface area (Å²) < 4.78 is 69.8. The van der Waals surface area contributed by atoms with Gasteiger partial charge in [0.2, 0.25) is 12.0 Å². The lowest BCUT2D eigenvalue weighted by molar-refractivity contribution is -0.145. The topological polar surface area (TPSA) is 172 Å². The van der Waals surface area contributed by atoms with E-state index in [1.807, 2.05) is 29.2 Å². The molecule has 2 aliphatic heterocycles. The van der Waals surface area contributed by atoms with Crippen molar-refractivity contribution in [3.63, 3.8) is 0 Å². The van der Waals surface area contributed by atoms with Crippen LogP contribution in [0, 0.1) is 18.2 Å². The molecule has 2 aliphatic rings. The minimum Gasteiger partial charge on any atom is -0.496 e. The van der Waals surface area contributed by atoms with Gasteiger partial charge < -0.3 is 28.8 Å². The Kier molecular flexibility index (Phi) is 13.9. The molecule has 1 saturated heterocycles. The summed E-state index contributed by atoms with van der Waals surface area (Å²) >= 11 is 7.93. The number of sulfone groups is 1. The third-order valence-corrected chi connectivity index (χ3v) is 13.7. The molecule has 2 bridgehead atoms. The van der Waals surface area contributed by atoms with Crippen LogP contribution < -0.4 is 18.9 Å². The van der Waals surface area contributed by atoms with Crippen LogP contribution in [0.2, 0.25) is 0 Å². The summed E-state index contributed by atoms with van der Waals surface area (Å²) in [5.41, 5.74) is 3.03. The van der Waals surface area contributed by atoms with Gasteiger partial charge >= 0.3 is 5.97 Å². The number of benzene rings is 3. The normalized spacial score (nSPS) is 19.0. The Morgan fingerprint density at radius 1 is 1.05 bits per heavy atom. The predicted octanol–water partition coefficient (Wildman–Crippen LogP) is 7.31. The number of rotatable bonds is 9. The van der Waals surface area contributed by atoms with Gasteiger partial charge in [-0.25, -0.2) is 37.5 Å². The fourth-order valence-corrected chi connectivity index (χ4v) is 9.91. The number of carboxylic acids is 1. The number of hydrogen-bond acceptors (Lipinski definition) is 14. The van der Waals surface area contributed by atoms with Gasteiger partial charge in [0.1, 0.15) is 64.3 Å². The fraction of sp³-hybridized carbons (Fsp3) is 0.255. The second-order valence-electron chi connectivity index (χ2n) is 15.0. The van der Waals surface area contributed by atoms with Crippen LogP contribution >= 0.6 is 22.9 Å². The Bertz CT molecular complexity index is 2930. The zero-order chi connectivity index (χ0) is 45.5. The molecule has 334 valence electrons. The molecular weight excluding hydrogens is 897 g/mol. The van der Waals surface area contributed by atoms with Crippen LogP contribution in [-0.2, 0) is 38.8 Å². The molecule has 14 nitrogen and oxygen atoms in total. The van der Waals surface area contributed by atoms with Crippen molar-refractivity contribution in [1.29, 1.82) is 0 Å². The van der Waals surface area contributed by atoms with E-state index in [1.54, 1.807) is 61.9 Å². The zero-order valence-electron chi connectivity index (χ0n) is 34.9. The van der Waals surface area contributed by atoms with Crippen molar-refractivity contribution >= 4 is 49.0 Å². The summed E-state index contributed by atoms with van der Waals surface area (Å²) in [6.45, 7) is 0.807. The van der Waals surface area contributed by atoms with Crippen molar-refractivity contribution in [2.75, 3.05) is 44.9 Å². The molecule has 8 rings (SSSR count). The fourth-order valence-electron chi connectivity index (χ4n) is 7.36. The SMILES string of the molecule is C#C/C(Cl)=C1\C=C/Cc2c(-c3ccc(F)cc3)sc3ncnc(c23)O[C@@H](C(=O)O)Cc2cc(ccc2OCc2ccnc(-c3ccccc3OC)n2)OC[C@@H](CN2CCS(=O)(=O)CC2)O1. The number of allylic oxidation sites excluding steroid dienone is 3. The number of halogens is 2. The average Bonchev–Trinajstić information content (AvgIpc) is 3.69. The molecule has 0 radical (unpaired) electrons. The maximum atomic E-state index is 14.1. The number of para-hydroxylation sites is 1. The van der Waals surface area contributed by atoms with Crippen LogP contribution in [-0.4, -0.2) is 101 Å². The Labute approximate surface area is 383 Å². The first-order chi connectivity index (χ1) is 31.5. The monoisotopic (exact) mass is 937 g/mol. The number of aliphatic carboxylic acids is 1. The molecule has 3 aromatic heterocycles. The lowest BCUT2D eigenvalue weighted by Crippen LogP contribution is -2.45. The van der Waals surface area contributed by atoms with E-state index in [2.05, 4.69) is 20.9 Å². The van der Waals surface area contributed by atoms with E-state index in [-0.39, 0.29) is 60.8 Å². The lowest BCUT2D eigenvalue weighted by Gasteiger charge is -2.31. The van der Waals surface area contributed by atoms with Gasteiger partial charge in [0.25, 0.3) is 0 Å². The van der Waals surface area contributed by atoms with Crippen LogP contribution in [0.25, 0.3) is 32.0 Å². The third-order valence-electron chi connectivity index (χ3n) is 10.6. The van der Waals surface area contributed by atoms with E-state index in [0.29, 0.717) is 74.3 Å². The van der Waals surface area contributed by atoms with Crippen molar-refractivity contribution in [2.24, 2.45) is 0 Å². The Hall–Kier alpha value is -6.58. The number of hydrogen-bond donors (Lipinski definition) is 1. The van der Waals surface area contributed by atoms with Gasteiger partial charge in [0.15, 0.2) is 15.7 Å². The number of thiophene rings is 1. The molecule has 65 heavy (non-hydrogen) atoms. The molecule has 0 amide bonds.